The summed E-state index contributed by atoms with van der Waals surface area (Å²) in [5.41, 5.74) is -0.677. The number of rotatable bonds is 4. The van der Waals surface area contributed by atoms with Crippen LogP contribution in [0, 0.1) is 10.1 Å². The van der Waals surface area contributed by atoms with E-state index >= 15 is 0 Å². The quantitative estimate of drug-likeness (QED) is 0.682. The van der Waals surface area contributed by atoms with Crippen LogP contribution in [0.3, 0.4) is 0 Å². The van der Waals surface area contributed by atoms with Crippen molar-refractivity contribution in [2.45, 2.75) is 6.18 Å². The SMILES string of the molecule is CNc1c(C(=O)N(C)CC(F)(F)F)cccc1[N+](=O)[O-]. The van der Waals surface area contributed by atoms with Gasteiger partial charge in [0.15, 0.2) is 0 Å². The summed E-state index contributed by atoms with van der Waals surface area (Å²) >= 11 is 0. The van der Waals surface area contributed by atoms with Crippen molar-refractivity contribution < 1.29 is 22.9 Å². The zero-order chi connectivity index (χ0) is 15.5. The molecule has 0 fully saturated rings. The molecule has 1 aromatic carbocycles. The largest absolute Gasteiger partial charge is 0.406 e. The van der Waals surface area contributed by atoms with Crippen molar-refractivity contribution in [3.63, 3.8) is 0 Å². The molecular weight excluding hydrogens is 279 g/mol. The lowest BCUT2D eigenvalue weighted by Crippen LogP contribution is -2.36. The van der Waals surface area contributed by atoms with Gasteiger partial charge in [-0.25, -0.2) is 0 Å². The molecule has 20 heavy (non-hydrogen) atoms. The van der Waals surface area contributed by atoms with Crippen molar-refractivity contribution in [3.05, 3.63) is 33.9 Å². The molecule has 0 heterocycles. The second kappa shape index (κ2) is 5.76. The standard InChI is InChI=1S/C11H12F3N3O3/c1-15-9-7(4-3-5-8(9)17(19)20)10(18)16(2)6-11(12,13)14/h3-5,15H,6H2,1-2H3. The van der Waals surface area contributed by atoms with Crippen LogP contribution in [0.4, 0.5) is 24.5 Å². The van der Waals surface area contributed by atoms with Gasteiger partial charge in [0.2, 0.25) is 0 Å². The van der Waals surface area contributed by atoms with E-state index in [1.807, 2.05) is 0 Å². The molecule has 0 aliphatic rings. The Labute approximate surface area is 112 Å². The van der Waals surface area contributed by atoms with Gasteiger partial charge < -0.3 is 10.2 Å². The summed E-state index contributed by atoms with van der Waals surface area (Å²) in [7, 11) is 2.33. The Morgan fingerprint density at radius 2 is 2.05 bits per heavy atom. The predicted octanol–water partition coefficient (Wildman–Crippen LogP) is 2.27. The number of hydrogen-bond acceptors (Lipinski definition) is 4. The first-order chi connectivity index (χ1) is 9.17. The van der Waals surface area contributed by atoms with Crippen molar-refractivity contribution in [1.29, 1.82) is 0 Å². The summed E-state index contributed by atoms with van der Waals surface area (Å²) in [5.74, 6) is -0.949. The van der Waals surface area contributed by atoms with Crippen LogP contribution >= 0.6 is 0 Å². The van der Waals surface area contributed by atoms with Crippen LogP contribution in [0.5, 0.6) is 0 Å². The molecule has 1 aromatic rings. The lowest BCUT2D eigenvalue weighted by atomic mass is 10.1. The van der Waals surface area contributed by atoms with E-state index < -0.39 is 23.6 Å². The monoisotopic (exact) mass is 291 g/mol. The number of hydrogen-bond donors (Lipinski definition) is 1. The average molecular weight is 291 g/mol. The van der Waals surface area contributed by atoms with Crippen LogP contribution in [0.15, 0.2) is 18.2 Å². The Kier molecular flexibility index (Phi) is 4.53. The first-order valence-electron chi connectivity index (χ1n) is 5.44. The van der Waals surface area contributed by atoms with Gasteiger partial charge in [-0.3, -0.25) is 14.9 Å². The minimum Gasteiger partial charge on any atom is -0.382 e. The maximum atomic E-state index is 12.3. The van der Waals surface area contributed by atoms with E-state index in [1.165, 1.54) is 19.2 Å². The molecule has 1 N–H and O–H groups in total. The fraction of sp³-hybridized carbons (Fsp3) is 0.364. The first-order valence-corrected chi connectivity index (χ1v) is 5.44. The van der Waals surface area contributed by atoms with Gasteiger partial charge >= 0.3 is 6.18 Å². The Bertz CT molecular complexity index is 531. The van der Waals surface area contributed by atoms with E-state index in [1.54, 1.807) is 0 Å². The molecule has 0 saturated carbocycles. The van der Waals surface area contributed by atoms with Gasteiger partial charge in [0, 0.05) is 20.2 Å². The molecule has 0 radical (unpaired) electrons. The van der Waals surface area contributed by atoms with Crippen LogP contribution in [0.2, 0.25) is 0 Å². The zero-order valence-corrected chi connectivity index (χ0v) is 10.7. The molecule has 9 heteroatoms. The highest BCUT2D eigenvalue weighted by molar-refractivity contribution is 6.01. The highest BCUT2D eigenvalue weighted by Gasteiger charge is 2.32. The van der Waals surface area contributed by atoms with E-state index in [0.717, 1.165) is 13.1 Å². The number of para-hydroxylation sites is 1. The van der Waals surface area contributed by atoms with E-state index in [0.29, 0.717) is 4.90 Å². The highest BCUT2D eigenvalue weighted by Crippen LogP contribution is 2.29. The maximum Gasteiger partial charge on any atom is 0.406 e. The van der Waals surface area contributed by atoms with Crippen LogP contribution in [0.1, 0.15) is 10.4 Å². The second-order valence-corrected chi connectivity index (χ2v) is 3.98. The van der Waals surface area contributed by atoms with Gasteiger partial charge in [-0.05, 0) is 6.07 Å². The Morgan fingerprint density at radius 3 is 2.50 bits per heavy atom. The zero-order valence-electron chi connectivity index (χ0n) is 10.7. The molecule has 0 bridgehead atoms. The van der Waals surface area contributed by atoms with Gasteiger partial charge in [-0.2, -0.15) is 13.2 Å². The fourth-order valence-electron chi connectivity index (χ4n) is 1.68. The second-order valence-electron chi connectivity index (χ2n) is 3.98. The van der Waals surface area contributed by atoms with E-state index in [-0.39, 0.29) is 16.9 Å². The fourth-order valence-corrected chi connectivity index (χ4v) is 1.68. The third kappa shape index (κ3) is 3.59. The summed E-state index contributed by atoms with van der Waals surface area (Å²) in [4.78, 5) is 22.5. The topological polar surface area (TPSA) is 75.5 Å². The maximum absolute atomic E-state index is 12.3. The molecule has 6 nitrogen and oxygen atoms in total. The molecule has 0 atom stereocenters. The number of carbonyl (C=O) groups excluding carboxylic acids is 1. The van der Waals surface area contributed by atoms with E-state index in [4.69, 9.17) is 0 Å². The third-order valence-electron chi connectivity index (χ3n) is 2.48. The predicted molar refractivity (Wildman–Crippen MR) is 65.7 cm³/mol. The van der Waals surface area contributed by atoms with Crippen LogP contribution in [-0.4, -0.2) is 42.5 Å². The molecule has 0 saturated heterocycles. The first kappa shape index (κ1) is 15.7. The number of carbonyl (C=O) groups is 1. The minimum absolute atomic E-state index is 0.114. The Hall–Kier alpha value is -2.32. The van der Waals surface area contributed by atoms with E-state index in [9.17, 15) is 28.1 Å². The normalized spacial score (nSPS) is 11.1. The number of alkyl halides is 3. The van der Waals surface area contributed by atoms with Crippen LogP contribution in [0.25, 0.3) is 0 Å². The van der Waals surface area contributed by atoms with Gasteiger partial charge in [-0.1, -0.05) is 6.07 Å². The van der Waals surface area contributed by atoms with Gasteiger partial charge in [0.05, 0.1) is 10.5 Å². The number of halogens is 3. The van der Waals surface area contributed by atoms with Gasteiger partial charge in [-0.15, -0.1) is 0 Å². The van der Waals surface area contributed by atoms with E-state index in [2.05, 4.69) is 5.32 Å². The highest BCUT2D eigenvalue weighted by atomic mass is 19.4. The van der Waals surface area contributed by atoms with Crippen LogP contribution in [-0.2, 0) is 0 Å². The number of nitrogens with one attached hydrogen (secondary N) is 1. The summed E-state index contributed by atoms with van der Waals surface area (Å²) in [6, 6.07) is 3.63. The molecule has 110 valence electrons. The van der Waals surface area contributed by atoms with Crippen LogP contribution < -0.4 is 5.32 Å². The Morgan fingerprint density at radius 1 is 1.45 bits per heavy atom. The summed E-state index contributed by atoms with van der Waals surface area (Å²) in [6.07, 6.45) is -4.54. The van der Waals surface area contributed by atoms with Crippen molar-refractivity contribution in [3.8, 4) is 0 Å². The van der Waals surface area contributed by atoms with Crippen molar-refractivity contribution in [2.75, 3.05) is 26.0 Å². The lowest BCUT2D eigenvalue weighted by Gasteiger charge is -2.20. The number of nitrogens with zero attached hydrogens (tertiary/aromatic N) is 2. The summed E-state index contributed by atoms with van der Waals surface area (Å²) in [6.45, 7) is -1.43. The smallest absolute Gasteiger partial charge is 0.382 e. The lowest BCUT2D eigenvalue weighted by molar-refractivity contribution is -0.384. The molecule has 0 aliphatic carbocycles. The average Bonchev–Trinajstić information content (AvgIpc) is 2.34. The van der Waals surface area contributed by atoms with Crippen molar-refractivity contribution in [1.82, 2.24) is 4.90 Å². The number of nitro groups is 1. The minimum atomic E-state index is -4.54. The molecular formula is C11H12F3N3O3. The van der Waals surface area contributed by atoms with Gasteiger partial charge in [0.25, 0.3) is 11.6 Å². The number of nitro benzene ring substituents is 1. The van der Waals surface area contributed by atoms with Gasteiger partial charge in [0.1, 0.15) is 12.2 Å². The Balaban J connectivity index is 3.16. The summed E-state index contributed by atoms with van der Waals surface area (Å²) in [5, 5.41) is 13.3. The third-order valence-corrected chi connectivity index (χ3v) is 2.48. The molecule has 1 amide bonds. The molecule has 0 aliphatic heterocycles. The molecule has 0 aromatic heterocycles. The van der Waals surface area contributed by atoms with Crippen molar-refractivity contribution >= 4 is 17.3 Å². The van der Waals surface area contributed by atoms with Crippen molar-refractivity contribution in [2.24, 2.45) is 0 Å². The number of amides is 1. The molecule has 0 unspecified atom stereocenters. The molecule has 0 spiro atoms. The molecule has 1 rings (SSSR count). The summed E-state index contributed by atoms with van der Waals surface area (Å²) < 4.78 is 36.8. The number of benzene rings is 1. The number of anilines is 1.